The molecule has 0 aromatic carbocycles. The molecule has 0 aliphatic rings. The Morgan fingerprint density at radius 1 is 1.35 bits per heavy atom. The third-order valence-electron chi connectivity index (χ3n) is 3.23. The molecule has 20 heavy (non-hydrogen) atoms. The molecule has 0 aliphatic heterocycles. The van der Waals surface area contributed by atoms with Gasteiger partial charge in [-0.1, -0.05) is 0 Å². The molecule has 2 aromatic rings. The minimum Gasteiger partial charge on any atom is -0.310 e. The number of pyridine rings is 2. The standard InChI is InChI=1S/C14H15N3O3/c1-9-4-5-16(13(18)6-9)8-12-11(3)14(17(19)20)10(2)7-15-12/h4-7H,8H2,1-3H3. The molecule has 0 unspecified atom stereocenters. The Hall–Kier alpha value is -2.50. The van der Waals surface area contributed by atoms with Crippen molar-refractivity contribution in [3.63, 3.8) is 0 Å². The summed E-state index contributed by atoms with van der Waals surface area (Å²) in [6, 6.07) is 3.34. The summed E-state index contributed by atoms with van der Waals surface area (Å²) in [5.41, 5.74) is 2.36. The van der Waals surface area contributed by atoms with E-state index in [1.807, 2.05) is 13.0 Å². The van der Waals surface area contributed by atoms with Crippen LogP contribution in [0.4, 0.5) is 5.69 Å². The van der Waals surface area contributed by atoms with Gasteiger partial charge in [0.1, 0.15) is 0 Å². The lowest BCUT2D eigenvalue weighted by molar-refractivity contribution is -0.386. The van der Waals surface area contributed by atoms with Crippen molar-refractivity contribution in [3.8, 4) is 0 Å². The van der Waals surface area contributed by atoms with Crippen molar-refractivity contribution in [3.05, 3.63) is 67.4 Å². The topological polar surface area (TPSA) is 78.0 Å². The second kappa shape index (κ2) is 5.24. The zero-order valence-electron chi connectivity index (χ0n) is 11.6. The molecule has 6 heteroatoms. The average molecular weight is 273 g/mol. The predicted octanol–water partition coefficient (Wildman–Crippen LogP) is 2.13. The van der Waals surface area contributed by atoms with E-state index >= 15 is 0 Å². The van der Waals surface area contributed by atoms with Gasteiger partial charge in [-0.2, -0.15) is 0 Å². The number of aryl methyl sites for hydroxylation is 2. The maximum Gasteiger partial charge on any atom is 0.278 e. The van der Waals surface area contributed by atoms with E-state index in [0.717, 1.165) is 5.56 Å². The van der Waals surface area contributed by atoms with Crippen LogP contribution in [-0.4, -0.2) is 14.5 Å². The van der Waals surface area contributed by atoms with E-state index in [0.29, 0.717) is 16.8 Å². The number of hydrogen-bond acceptors (Lipinski definition) is 4. The van der Waals surface area contributed by atoms with Crippen molar-refractivity contribution in [2.24, 2.45) is 0 Å². The number of rotatable bonds is 3. The molecule has 6 nitrogen and oxygen atoms in total. The molecule has 0 amide bonds. The van der Waals surface area contributed by atoms with E-state index in [9.17, 15) is 14.9 Å². The summed E-state index contributed by atoms with van der Waals surface area (Å²) in [7, 11) is 0. The Kier molecular flexibility index (Phi) is 3.65. The van der Waals surface area contributed by atoms with Crippen LogP contribution in [-0.2, 0) is 6.54 Å². The molecule has 0 N–H and O–H groups in total. The van der Waals surface area contributed by atoms with Gasteiger partial charge >= 0.3 is 0 Å². The fourth-order valence-electron chi connectivity index (χ4n) is 2.10. The van der Waals surface area contributed by atoms with E-state index in [1.54, 1.807) is 20.0 Å². The van der Waals surface area contributed by atoms with E-state index in [4.69, 9.17) is 0 Å². The molecule has 0 fully saturated rings. The van der Waals surface area contributed by atoms with Crippen LogP contribution >= 0.6 is 0 Å². The molecule has 0 spiro atoms. The Morgan fingerprint density at radius 3 is 2.65 bits per heavy atom. The first-order valence-corrected chi connectivity index (χ1v) is 6.16. The van der Waals surface area contributed by atoms with Crippen LogP contribution in [0.25, 0.3) is 0 Å². The van der Waals surface area contributed by atoms with Gasteiger partial charge in [-0.15, -0.1) is 0 Å². The minimum atomic E-state index is -0.409. The second-order valence-electron chi connectivity index (χ2n) is 4.79. The summed E-state index contributed by atoms with van der Waals surface area (Å²) in [5.74, 6) is 0. The number of nitro groups is 1. The molecule has 2 heterocycles. The maximum atomic E-state index is 11.8. The second-order valence-corrected chi connectivity index (χ2v) is 4.79. The molecule has 0 saturated heterocycles. The fourth-order valence-corrected chi connectivity index (χ4v) is 2.10. The SMILES string of the molecule is Cc1ccn(Cc2ncc(C)c([N+](=O)[O-])c2C)c(=O)c1. The highest BCUT2D eigenvalue weighted by molar-refractivity contribution is 5.47. The Bertz CT molecular complexity index is 735. The van der Waals surface area contributed by atoms with Crippen molar-refractivity contribution in [1.29, 1.82) is 0 Å². The Morgan fingerprint density at radius 2 is 2.05 bits per heavy atom. The van der Waals surface area contributed by atoms with Crippen LogP contribution in [0.5, 0.6) is 0 Å². The third-order valence-corrected chi connectivity index (χ3v) is 3.23. The molecule has 0 radical (unpaired) electrons. The highest BCUT2D eigenvalue weighted by Gasteiger charge is 2.18. The zero-order valence-corrected chi connectivity index (χ0v) is 11.6. The number of nitrogens with zero attached hydrogens (tertiary/aromatic N) is 3. The summed E-state index contributed by atoms with van der Waals surface area (Å²) in [6.07, 6.45) is 3.14. The van der Waals surface area contributed by atoms with Crippen LogP contribution in [0, 0.1) is 30.9 Å². The first kappa shape index (κ1) is 13.9. The van der Waals surface area contributed by atoms with Gasteiger partial charge in [0.2, 0.25) is 0 Å². The van der Waals surface area contributed by atoms with Gasteiger partial charge in [0, 0.05) is 24.0 Å². The molecular formula is C14H15N3O3. The lowest BCUT2D eigenvalue weighted by atomic mass is 10.1. The van der Waals surface area contributed by atoms with E-state index < -0.39 is 4.92 Å². The third kappa shape index (κ3) is 2.59. The summed E-state index contributed by atoms with van der Waals surface area (Å²) < 4.78 is 1.49. The van der Waals surface area contributed by atoms with Crippen molar-refractivity contribution >= 4 is 5.69 Å². The molecule has 2 rings (SSSR count). The number of aromatic nitrogens is 2. The predicted molar refractivity (Wildman–Crippen MR) is 74.9 cm³/mol. The van der Waals surface area contributed by atoms with Gasteiger partial charge in [-0.3, -0.25) is 19.9 Å². The van der Waals surface area contributed by atoms with Crippen molar-refractivity contribution < 1.29 is 4.92 Å². The lowest BCUT2D eigenvalue weighted by Crippen LogP contribution is -2.20. The summed E-state index contributed by atoms with van der Waals surface area (Å²) >= 11 is 0. The van der Waals surface area contributed by atoms with Gasteiger partial charge in [0.05, 0.1) is 22.7 Å². The molecule has 0 atom stereocenters. The van der Waals surface area contributed by atoms with E-state index in [-0.39, 0.29) is 17.8 Å². The Labute approximate surface area is 115 Å². The molecule has 2 aromatic heterocycles. The Balaban J connectivity index is 2.47. The van der Waals surface area contributed by atoms with Crippen LogP contribution in [0.15, 0.2) is 29.3 Å². The fraction of sp³-hybridized carbons (Fsp3) is 0.286. The van der Waals surface area contributed by atoms with Crippen LogP contribution in [0.3, 0.4) is 0 Å². The first-order chi connectivity index (χ1) is 9.40. The highest BCUT2D eigenvalue weighted by Crippen LogP contribution is 2.24. The first-order valence-electron chi connectivity index (χ1n) is 6.16. The van der Waals surface area contributed by atoms with Gasteiger partial charge in [-0.25, -0.2) is 0 Å². The van der Waals surface area contributed by atoms with Crippen molar-refractivity contribution in [2.45, 2.75) is 27.3 Å². The van der Waals surface area contributed by atoms with Gasteiger partial charge in [0.25, 0.3) is 11.2 Å². The molecular weight excluding hydrogens is 258 g/mol. The number of hydrogen-bond donors (Lipinski definition) is 0. The van der Waals surface area contributed by atoms with Crippen LogP contribution in [0.2, 0.25) is 0 Å². The monoisotopic (exact) mass is 273 g/mol. The van der Waals surface area contributed by atoms with Gasteiger partial charge in [0.15, 0.2) is 0 Å². The molecule has 104 valence electrons. The average Bonchev–Trinajstić information content (AvgIpc) is 2.35. The zero-order chi connectivity index (χ0) is 14.9. The van der Waals surface area contributed by atoms with E-state index in [2.05, 4.69) is 4.98 Å². The van der Waals surface area contributed by atoms with Crippen molar-refractivity contribution in [1.82, 2.24) is 9.55 Å². The molecule has 0 bridgehead atoms. The van der Waals surface area contributed by atoms with Gasteiger partial charge < -0.3 is 4.57 Å². The summed E-state index contributed by atoms with van der Waals surface area (Å²) in [4.78, 5) is 26.7. The summed E-state index contributed by atoms with van der Waals surface area (Å²) in [5, 5.41) is 11.1. The van der Waals surface area contributed by atoms with Crippen molar-refractivity contribution in [2.75, 3.05) is 0 Å². The van der Waals surface area contributed by atoms with E-state index in [1.165, 1.54) is 16.8 Å². The lowest BCUT2D eigenvalue weighted by Gasteiger charge is -2.09. The normalized spacial score (nSPS) is 10.6. The molecule has 0 saturated carbocycles. The van der Waals surface area contributed by atoms with Gasteiger partial charge in [-0.05, 0) is 32.4 Å². The van der Waals surface area contributed by atoms with Crippen LogP contribution < -0.4 is 5.56 Å². The largest absolute Gasteiger partial charge is 0.310 e. The maximum absolute atomic E-state index is 11.8. The molecule has 0 aliphatic carbocycles. The quantitative estimate of drug-likeness (QED) is 0.634. The summed E-state index contributed by atoms with van der Waals surface area (Å²) in [6.45, 7) is 5.38. The minimum absolute atomic E-state index is 0.0650. The highest BCUT2D eigenvalue weighted by atomic mass is 16.6. The van der Waals surface area contributed by atoms with Crippen LogP contribution in [0.1, 0.15) is 22.4 Å². The smallest absolute Gasteiger partial charge is 0.278 e.